The van der Waals surface area contributed by atoms with Gasteiger partial charge in [-0.25, -0.2) is 0 Å². The number of carbonyl (C=O) groups excluding carboxylic acids is 1. The Balaban J connectivity index is 1.62. The van der Waals surface area contributed by atoms with Gasteiger partial charge in [-0.2, -0.15) is 0 Å². The van der Waals surface area contributed by atoms with Crippen LogP contribution in [-0.4, -0.2) is 22.7 Å². The zero-order valence-corrected chi connectivity index (χ0v) is 16.9. The molecule has 0 bridgehead atoms. The van der Waals surface area contributed by atoms with Gasteiger partial charge in [0.05, 0.1) is 0 Å². The first-order chi connectivity index (χ1) is 12.8. The Morgan fingerprint density at radius 1 is 1.11 bits per heavy atom. The molecule has 2 aromatic carbocycles. The molecule has 5 nitrogen and oxygen atoms in total. The van der Waals surface area contributed by atoms with Gasteiger partial charge in [0, 0.05) is 10.6 Å². The third-order valence-corrected chi connectivity index (χ3v) is 4.96. The van der Waals surface area contributed by atoms with Crippen molar-refractivity contribution in [3.8, 4) is 16.3 Å². The van der Waals surface area contributed by atoms with Crippen molar-refractivity contribution < 1.29 is 9.53 Å². The Kier molecular flexibility index (Phi) is 5.77. The molecule has 1 N–H and O–H groups in total. The zero-order chi connectivity index (χ0) is 19.4. The van der Waals surface area contributed by atoms with Gasteiger partial charge in [0.1, 0.15) is 10.8 Å². The molecular formula is C20H20ClN3O2S. The Morgan fingerprint density at radius 3 is 2.52 bits per heavy atom. The lowest BCUT2D eigenvalue weighted by atomic mass is 9.86. The van der Waals surface area contributed by atoms with Crippen LogP contribution in [0.5, 0.6) is 5.75 Å². The van der Waals surface area contributed by atoms with Gasteiger partial charge in [-0.05, 0) is 29.2 Å². The number of nitrogens with one attached hydrogen (secondary N) is 1. The first kappa shape index (κ1) is 19.3. The lowest BCUT2D eigenvalue weighted by Crippen LogP contribution is -2.21. The third-order valence-electron chi connectivity index (χ3n) is 3.82. The van der Waals surface area contributed by atoms with Crippen molar-refractivity contribution in [3.05, 3.63) is 59.1 Å². The van der Waals surface area contributed by atoms with Gasteiger partial charge < -0.3 is 4.74 Å². The van der Waals surface area contributed by atoms with E-state index >= 15 is 0 Å². The summed E-state index contributed by atoms with van der Waals surface area (Å²) in [5.74, 6) is 0.428. The predicted molar refractivity (Wildman–Crippen MR) is 110 cm³/mol. The van der Waals surface area contributed by atoms with Crippen molar-refractivity contribution >= 4 is 34.0 Å². The fourth-order valence-corrected chi connectivity index (χ4v) is 3.38. The molecule has 27 heavy (non-hydrogen) atoms. The standard InChI is InChI=1S/C20H20ClN3O2S/c1-20(2,3)15-6-4-5-7-16(15)26-12-17(25)22-19-24-23-18(27-19)13-8-10-14(21)11-9-13/h4-11H,12H2,1-3H3,(H,22,24,25). The number of aromatic nitrogens is 2. The van der Waals surface area contributed by atoms with Crippen molar-refractivity contribution in [2.75, 3.05) is 11.9 Å². The molecule has 3 rings (SSSR count). The fourth-order valence-electron chi connectivity index (χ4n) is 2.49. The largest absolute Gasteiger partial charge is 0.483 e. The molecule has 0 aliphatic carbocycles. The SMILES string of the molecule is CC(C)(C)c1ccccc1OCC(=O)Nc1nnc(-c2ccc(Cl)cc2)s1. The van der Waals surface area contributed by atoms with Crippen molar-refractivity contribution in [1.82, 2.24) is 10.2 Å². The van der Waals surface area contributed by atoms with E-state index in [-0.39, 0.29) is 17.9 Å². The summed E-state index contributed by atoms with van der Waals surface area (Å²) < 4.78 is 5.73. The fraction of sp³-hybridized carbons (Fsp3) is 0.250. The highest BCUT2D eigenvalue weighted by Gasteiger charge is 2.19. The van der Waals surface area contributed by atoms with E-state index in [4.69, 9.17) is 16.3 Å². The van der Waals surface area contributed by atoms with E-state index in [2.05, 4.69) is 36.3 Å². The molecule has 0 atom stereocenters. The lowest BCUT2D eigenvalue weighted by molar-refractivity contribution is -0.118. The Morgan fingerprint density at radius 2 is 1.81 bits per heavy atom. The van der Waals surface area contributed by atoms with Crippen LogP contribution in [0.15, 0.2) is 48.5 Å². The Hall–Kier alpha value is -2.44. The average Bonchev–Trinajstić information content (AvgIpc) is 3.08. The molecule has 0 saturated carbocycles. The molecule has 1 heterocycles. The second-order valence-corrected chi connectivity index (χ2v) is 8.42. The molecular weight excluding hydrogens is 382 g/mol. The topological polar surface area (TPSA) is 64.1 Å². The third kappa shape index (κ3) is 5.05. The van der Waals surface area contributed by atoms with E-state index in [9.17, 15) is 4.79 Å². The monoisotopic (exact) mass is 401 g/mol. The van der Waals surface area contributed by atoms with E-state index in [0.717, 1.165) is 11.1 Å². The molecule has 7 heteroatoms. The van der Waals surface area contributed by atoms with E-state index in [1.165, 1.54) is 11.3 Å². The second kappa shape index (κ2) is 8.06. The van der Waals surface area contributed by atoms with Crippen LogP contribution in [0.1, 0.15) is 26.3 Å². The number of benzene rings is 2. The van der Waals surface area contributed by atoms with Crippen LogP contribution in [0.3, 0.4) is 0 Å². The molecule has 140 valence electrons. The minimum absolute atomic E-state index is 0.0697. The Labute approximate surface area is 167 Å². The smallest absolute Gasteiger partial charge is 0.264 e. The van der Waals surface area contributed by atoms with E-state index in [1.54, 1.807) is 12.1 Å². The summed E-state index contributed by atoms with van der Waals surface area (Å²) in [6, 6.07) is 15.0. The molecule has 1 amide bonds. The van der Waals surface area contributed by atoms with Crippen LogP contribution in [0.25, 0.3) is 10.6 Å². The van der Waals surface area contributed by atoms with Gasteiger partial charge in [0.2, 0.25) is 5.13 Å². The number of ether oxygens (including phenoxy) is 1. The number of hydrogen-bond acceptors (Lipinski definition) is 5. The average molecular weight is 402 g/mol. The molecule has 0 saturated heterocycles. The number of amides is 1. The van der Waals surface area contributed by atoms with Crippen LogP contribution >= 0.6 is 22.9 Å². The first-order valence-corrected chi connectivity index (χ1v) is 9.64. The quantitative estimate of drug-likeness (QED) is 0.640. The molecule has 0 spiro atoms. The van der Waals surface area contributed by atoms with Crippen LogP contribution in [0, 0.1) is 0 Å². The maximum Gasteiger partial charge on any atom is 0.264 e. The first-order valence-electron chi connectivity index (χ1n) is 8.44. The number of anilines is 1. The number of nitrogens with zero attached hydrogens (tertiary/aromatic N) is 2. The van der Waals surface area contributed by atoms with Crippen LogP contribution < -0.4 is 10.1 Å². The van der Waals surface area contributed by atoms with Crippen LogP contribution in [0.2, 0.25) is 5.02 Å². The van der Waals surface area contributed by atoms with Gasteiger partial charge in [-0.15, -0.1) is 10.2 Å². The van der Waals surface area contributed by atoms with Crippen LogP contribution in [0.4, 0.5) is 5.13 Å². The number of para-hydroxylation sites is 1. The molecule has 0 fully saturated rings. The van der Waals surface area contributed by atoms with Crippen LogP contribution in [-0.2, 0) is 10.2 Å². The summed E-state index contributed by atoms with van der Waals surface area (Å²) in [5, 5.41) is 12.6. The highest BCUT2D eigenvalue weighted by atomic mass is 35.5. The van der Waals surface area contributed by atoms with Gasteiger partial charge in [0.25, 0.3) is 5.91 Å². The van der Waals surface area contributed by atoms with Crippen molar-refractivity contribution in [2.45, 2.75) is 26.2 Å². The van der Waals surface area contributed by atoms with E-state index in [1.807, 2.05) is 36.4 Å². The summed E-state index contributed by atoms with van der Waals surface area (Å²) in [6.07, 6.45) is 0. The number of halogens is 1. The summed E-state index contributed by atoms with van der Waals surface area (Å²) in [7, 11) is 0. The van der Waals surface area contributed by atoms with Gasteiger partial charge in [0.15, 0.2) is 6.61 Å². The molecule has 0 aliphatic heterocycles. The summed E-state index contributed by atoms with van der Waals surface area (Å²) in [5.41, 5.74) is 1.88. The van der Waals surface area contributed by atoms with Crippen molar-refractivity contribution in [2.24, 2.45) is 0 Å². The molecule has 0 radical (unpaired) electrons. The minimum Gasteiger partial charge on any atom is -0.483 e. The van der Waals surface area contributed by atoms with Gasteiger partial charge >= 0.3 is 0 Å². The molecule has 0 aliphatic rings. The zero-order valence-electron chi connectivity index (χ0n) is 15.3. The van der Waals surface area contributed by atoms with Gasteiger partial charge in [-0.3, -0.25) is 10.1 Å². The highest BCUT2D eigenvalue weighted by Crippen LogP contribution is 2.31. The predicted octanol–water partition coefficient (Wildman–Crippen LogP) is 5.17. The van der Waals surface area contributed by atoms with E-state index < -0.39 is 0 Å². The highest BCUT2D eigenvalue weighted by molar-refractivity contribution is 7.18. The summed E-state index contributed by atoms with van der Waals surface area (Å²) in [6.45, 7) is 6.22. The summed E-state index contributed by atoms with van der Waals surface area (Å²) >= 11 is 7.19. The van der Waals surface area contributed by atoms with Gasteiger partial charge in [-0.1, -0.05) is 74.0 Å². The number of rotatable bonds is 5. The molecule has 3 aromatic rings. The Bertz CT molecular complexity index is 933. The minimum atomic E-state index is -0.280. The maximum absolute atomic E-state index is 12.2. The van der Waals surface area contributed by atoms with Crippen molar-refractivity contribution in [1.29, 1.82) is 0 Å². The maximum atomic E-state index is 12.2. The van der Waals surface area contributed by atoms with Crippen molar-refractivity contribution in [3.63, 3.8) is 0 Å². The molecule has 0 unspecified atom stereocenters. The number of carbonyl (C=O) groups is 1. The summed E-state index contributed by atoms with van der Waals surface area (Å²) in [4.78, 5) is 12.2. The molecule has 1 aromatic heterocycles. The van der Waals surface area contributed by atoms with E-state index in [0.29, 0.717) is 20.9 Å². The lowest BCUT2D eigenvalue weighted by Gasteiger charge is -2.22. The normalized spacial score (nSPS) is 11.3. The second-order valence-electron chi connectivity index (χ2n) is 7.00. The number of hydrogen-bond donors (Lipinski definition) is 1.